The van der Waals surface area contributed by atoms with Gasteiger partial charge in [0.25, 0.3) is 0 Å². The molecule has 1 aromatic heterocycles. The summed E-state index contributed by atoms with van der Waals surface area (Å²) in [6.07, 6.45) is 0.870. The maximum atomic E-state index is 11.8. The van der Waals surface area contributed by atoms with Gasteiger partial charge < -0.3 is 10.4 Å². The first kappa shape index (κ1) is 13.2. The summed E-state index contributed by atoms with van der Waals surface area (Å²) in [6.45, 7) is 3.62. The van der Waals surface area contributed by atoms with Gasteiger partial charge in [-0.2, -0.15) is 0 Å². The molecule has 6 nitrogen and oxygen atoms in total. The number of aryl methyl sites for hydroxylation is 1. The Morgan fingerprint density at radius 1 is 1.53 bits per heavy atom. The first-order valence-electron chi connectivity index (χ1n) is 5.99. The zero-order valence-corrected chi connectivity index (χ0v) is 10.9. The van der Waals surface area contributed by atoms with Gasteiger partial charge in [0.05, 0.1) is 12.3 Å². The number of rotatable bonds is 4. The lowest BCUT2D eigenvalue weighted by Crippen LogP contribution is -2.19. The first-order valence-corrected chi connectivity index (χ1v) is 5.99. The Balaban J connectivity index is 1.97. The summed E-state index contributed by atoms with van der Waals surface area (Å²) < 4.78 is 1.40. The Morgan fingerprint density at radius 2 is 2.32 bits per heavy atom. The van der Waals surface area contributed by atoms with Crippen LogP contribution >= 0.6 is 0 Å². The van der Waals surface area contributed by atoms with E-state index in [4.69, 9.17) is 0 Å². The fourth-order valence-electron chi connectivity index (χ4n) is 1.65. The zero-order chi connectivity index (χ0) is 13.8. The molecule has 1 heterocycles. The highest BCUT2D eigenvalue weighted by Gasteiger charge is 2.09. The van der Waals surface area contributed by atoms with Crippen LogP contribution in [0, 0.1) is 6.92 Å². The number of carbonyl (C=O) groups is 1. The number of carbonyl (C=O) groups excluding carboxylic acids is 1. The zero-order valence-electron chi connectivity index (χ0n) is 10.9. The van der Waals surface area contributed by atoms with Crippen molar-refractivity contribution in [2.45, 2.75) is 26.5 Å². The minimum absolute atomic E-state index is 0.0632. The predicted molar refractivity (Wildman–Crippen MR) is 70.5 cm³/mol. The van der Waals surface area contributed by atoms with Gasteiger partial charge in [0, 0.05) is 5.69 Å². The van der Waals surface area contributed by atoms with E-state index in [1.165, 1.54) is 4.68 Å². The third-order valence-corrected chi connectivity index (χ3v) is 2.59. The highest BCUT2D eigenvalue weighted by molar-refractivity contribution is 5.90. The molecule has 0 aliphatic rings. The molecular formula is C13H16N4O2. The van der Waals surface area contributed by atoms with Crippen molar-refractivity contribution in [2.75, 3.05) is 5.32 Å². The van der Waals surface area contributed by atoms with Crippen LogP contribution in [0.5, 0.6) is 0 Å². The Hall–Kier alpha value is -2.21. The number of hydrogen-bond donors (Lipinski definition) is 2. The van der Waals surface area contributed by atoms with E-state index in [-0.39, 0.29) is 12.5 Å². The molecule has 0 fully saturated rings. The lowest BCUT2D eigenvalue weighted by atomic mass is 10.2. The van der Waals surface area contributed by atoms with Gasteiger partial charge in [-0.3, -0.25) is 4.79 Å². The monoisotopic (exact) mass is 260 g/mol. The number of amides is 1. The van der Waals surface area contributed by atoms with Crippen LogP contribution in [0.15, 0.2) is 30.5 Å². The molecule has 0 saturated heterocycles. The summed E-state index contributed by atoms with van der Waals surface area (Å²) in [7, 11) is 0. The summed E-state index contributed by atoms with van der Waals surface area (Å²) in [5.41, 5.74) is 2.28. The molecule has 1 atom stereocenters. The molecule has 0 aliphatic carbocycles. The molecule has 0 bridgehead atoms. The van der Waals surface area contributed by atoms with Gasteiger partial charge in [-0.1, -0.05) is 17.3 Å². The van der Waals surface area contributed by atoms with Gasteiger partial charge >= 0.3 is 0 Å². The summed E-state index contributed by atoms with van der Waals surface area (Å²) >= 11 is 0. The number of anilines is 1. The fourth-order valence-corrected chi connectivity index (χ4v) is 1.65. The third-order valence-electron chi connectivity index (χ3n) is 2.59. The lowest BCUT2D eigenvalue weighted by Gasteiger charge is -2.05. The maximum absolute atomic E-state index is 11.8. The lowest BCUT2D eigenvalue weighted by molar-refractivity contribution is -0.116. The van der Waals surface area contributed by atoms with Crippen molar-refractivity contribution in [3.63, 3.8) is 0 Å². The minimum Gasteiger partial charge on any atom is -0.387 e. The van der Waals surface area contributed by atoms with Gasteiger partial charge in [-0.05, 0) is 31.5 Å². The van der Waals surface area contributed by atoms with Gasteiger partial charge in [0.2, 0.25) is 5.91 Å². The van der Waals surface area contributed by atoms with E-state index < -0.39 is 6.10 Å². The quantitative estimate of drug-likeness (QED) is 0.867. The molecule has 2 aromatic rings. The highest BCUT2D eigenvalue weighted by atomic mass is 16.3. The second-order valence-electron chi connectivity index (χ2n) is 4.43. The van der Waals surface area contributed by atoms with Crippen LogP contribution in [0.25, 0.3) is 0 Å². The van der Waals surface area contributed by atoms with E-state index in [2.05, 4.69) is 15.6 Å². The number of nitrogens with zero attached hydrogens (tertiary/aromatic N) is 3. The molecule has 0 saturated carbocycles. The average Bonchev–Trinajstić information content (AvgIpc) is 2.77. The van der Waals surface area contributed by atoms with Crippen LogP contribution in [0.3, 0.4) is 0 Å². The molecule has 1 amide bonds. The van der Waals surface area contributed by atoms with Crippen molar-refractivity contribution in [2.24, 2.45) is 0 Å². The Labute approximate surface area is 111 Å². The molecule has 0 aliphatic heterocycles. The van der Waals surface area contributed by atoms with Crippen molar-refractivity contribution in [1.82, 2.24) is 15.0 Å². The number of hydrogen-bond acceptors (Lipinski definition) is 4. The number of benzene rings is 1. The topological polar surface area (TPSA) is 80.0 Å². The smallest absolute Gasteiger partial charge is 0.246 e. The van der Waals surface area contributed by atoms with E-state index in [0.29, 0.717) is 5.69 Å². The molecule has 19 heavy (non-hydrogen) atoms. The summed E-state index contributed by atoms with van der Waals surface area (Å²) in [6, 6.07) is 7.56. The fraction of sp³-hybridized carbons (Fsp3) is 0.308. The second kappa shape index (κ2) is 5.62. The number of aromatic nitrogens is 3. The minimum atomic E-state index is -0.686. The van der Waals surface area contributed by atoms with Gasteiger partial charge in [-0.25, -0.2) is 4.68 Å². The van der Waals surface area contributed by atoms with Crippen LogP contribution < -0.4 is 5.32 Å². The van der Waals surface area contributed by atoms with Crippen LogP contribution in [-0.2, 0) is 11.3 Å². The highest BCUT2D eigenvalue weighted by Crippen LogP contribution is 2.10. The third kappa shape index (κ3) is 3.62. The molecular weight excluding hydrogens is 244 g/mol. The van der Waals surface area contributed by atoms with Crippen LogP contribution in [0.4, 0.5) is 5.69 Å². The van der Waals surface area contributed by atoms with E-state index in [1.807, 2.05) is 31.2 Å². The number of aliphatic hydroxyl groups is 1. The molecule has 0 spiro atoms. The summed E-state index contributed by atoms with van der Waals surface area (Å²) in [4.78, 5) is 11.8. The molecule has 2 N–H and O–H groups in total. The SMILES string of the molecule is Cc1cccc(NC(=O)Cn2cc(C(C)O)nn2)c1. The van der Waals surface area contributed by atoms with E-state index >= 15 is 0 Å². The molecule has 1 unspecified atom stereocenters. The Bertz CT molecular complexity index is 578. The van der Waals surface area contributed by atoms with Crippen LogP contribution in [-0.4, -0.2) is 26.0 Å². The van der Waals surface area contributed by atoms with Gasteiger partial charge in [0.1, 0.15) is 12.2 Å². The summed E-state index contributed by atoms with van der Waals surface area (Å²) in [5.74, 6) is -0.187. The molecule has 2 rings (SSSR count). The first-order chi connectivity index (χ1) is 9.04. The van der Waals surface area contributed by atoms with Crippen molar-refractivity contribution in [3.8, 4) is 0 Å². The van der Waals surface area contributed by atoms with E-state index in [9.17, 15) is 9.90 Å². The molecule has 100 valence electrons. The largest absolute Gasteiger partial charge is 0.387 e. The normalized spacial score (nSPS) is 12.2. The van der Waals surface area contributed by atoms with E-state index in [1.54, 1.807) is 13.1 Å². The second-order valence-corrected chi connectivity index (χ2v) is 4.43. The van der Waals surface area contributed by atoms with Crippen molar-refractivity contribution in [3.05, 3.63) is 41.7 Å². The molecule has 0 radical (unpaired) electrons. The molecule has 6 heteroatoms. The number of aliphatic hydroxyl groups excluding tert-OH is 1. The van der Waals surface area contributed by atoms with Crippen molar-refractivity contribution in [1.29, 1.82) is 0 Å². The van der Waals surface area contributed by atoms with Crippen LogP contribution in [0.2, 0.25) is 0 Å². The molecule has 1 aromatic carbocycles. The van der Waals surface area contributed by atoms with Crippen molar-refractivity contribution >= 4 is 11.6 Å². The standard InChI is InChI=1S/C13H16N4O2/c1-9-4-3-5-11(6-9)14-13(19)8-17-7-12(10(2)18)15-16-17/h3-7,10,18H,8H2,1-2H3,(H,14,19). The average molecular weight is 260 g/mol. The van der Waals surface area contributed by atoms with Gasteiger partial charge in [0.15, 0.2) is 0 Å². The Kier molecular flexibility index (Phi) is 3.91. The summed E-state index contributed by atoms with van der Waals surface area (Å²) in [5, 5.41) is 19.7. The van der Waals surface area contributed by atoms with Gasteiger partial charge in [-0.15, -0.1) is 5.10 Å². The van der Waals surface area contributed by atoms with Crippen LogP contribution in [0.1, 0.15) is 24.3 Å². The maximum Gasteiger partial charge on any atom is 0.246 e. The van der Waals surface area contributed by atoms with E-state index in [0.717, 1.165) is 11.3 Å². The Morgan fingerprint density at radius 3 is 2.95 bits per heavy atom. The van der Waals surface area contributed by atoms with Crippen molar-refractivity contribution < 1.29 is 9.90 Å². The number of nitrogens with one attached hydrogen (secondary N) is 1. The predicted octanol–water partition coefficient (Wildman–Crippen LogP) is 1.28.